The zero-order valence-corrected chi connectivity index (χ0v) is 24.4. The van der Waals surface area contributed by atoms with Crippen molar-refractivity contribution in [2.75, 3.05) is 39.5 Å². The highest BCUT2D eigenvalue weighted by atomic mass is 35.5. The average molecular weight is 581 g/mol. The van der Waals surface area contributed by atoms with Crippen molar-refractivity contribution < 1.29 is 24.2 Å². The lowest BCUT2D eigenvalue weighted by atomic mass is 9.75. The normalized spacial score (nSPS) is 20.3. The third-order valence-corrected chi connectivity index (χ3v) is 9.37. The van der Waals surface area contributed by atoms with E-state index in [1.807, 2.05) is 11.1 Å². The minimum atomic E-state index is -0.918. The molecule has 9 nitrogen and oxygen atoms in total. The average Bonchev–Trinajstić information content (AvgIpc) is 3.36. The van der Waals surface area contributed by atoms with Crippen LogP contribution >= 0.6 is 11.6 Å². The Balaban J connectivity index is 1.38. The number of carbonyl (C=O) groups excluding carboxylic acids is 1. The molecule has 3 aromatic rings. The standard InChI is InChI=1S/C31H37ClN4O5/c1-31(2,27-18-41-10-7-36(27)30(38)39)14-22-12-21(23-13-24-26(32)16-34-28(24)33-15-23)11-20-3-6-35(17-25(20)22)29(37)19-4-8-40-9-5-19/h11-13,15-16,19,27H,3-10,14,17-18H2,1-2H3,(H,33,34)(H,38,39)/t27-/m0/s1. The maximum absolute atomic E-state index is 13.5. The molecule has 0 bridgehead atoms. The van der Waals surface area contributed by atoms with Gasteiger partial charge in [0.15, 0.2) is 0 Å². The van der Waals surface area contributed by atoms with Gasteiger partial charge in [-0.2, -0.15) is 0 Å². The molecule has 2 aromatic heterocycles. The number of rotatable bonds is 5. The Labute approximate surface area is 244 Å². The molecule has 6 rings (SSSR count). The Morgan fingerprint density at radius 3 is 2.71 bits per heavy atom. The van der Waals surface area contributed by atoms with Crippen LogP contribution < -0.4 is 0 Å². The smallest absolute Gasteiger partial charge is 0.407 e. The molecule has 3 aliphatic heterocycles. The van der Waals surface area contributed by atoms with Gasteiger partial charge in [0.05, 0.1) is 24.3 Å². The van der Waals surface area contributed by atoms with Gasteiger partial charge in [0.2, 0.25) is 5.91 Å². The van der Waals surface area contributed by atoms with E-state index in [-0.39, 0.29) is 17.9 Å². The molecule has 0 unspecified atom stereocenters. The summed E-state index contributed by atoms with van der Waals surface area (Å²) in [4.78, 5) is 36.8. The topological polar surface area (TPSA) is 108 Å². The third-order valence-electron chi connectivity index (χ3n) is 9.05. The first kappa shape index (κ1) is 28.0. The number of ether oxygens (including phenoxy) is 2. The number of nitrogens with zero attached hydrogens (tertiary/aromatic N) is 3. The fraction of sp³-hybridized carbons (Fsp3) is 0.516. The number of pyridine rings is 1. The number of amides is 2. The number of carbonyl (C=O) groups is 2. The number of halogens is 1. The largest absolute Gasteiger partial charge is 0.465 e. The molecule has 10 heteroatoms. The fourth-order valence-electron chi connectivity index (χ4n) is 6.68. The van der Waals surface area contributed by atoms with Crippen LogP contribution in [0.2, 0.25) is 5.02 Å². The molecule has 41 heavy (non-hydrogen) atoms. The monoisotopic (exact) mass is 580 g/mol. The van der Waals surface area contributed by atoms with Crippen molar-refractivity contribution in [1.29, 1.82) is 0 Å². The summed E-state index contributed by atoms with van der Waals surface area (Å²) in [5, 5.41) is 11.4. The molecule has 2 saturated heterocycles. The number of hydrogen-bond acceptors (Lipinski definition) is 5. The molecule has 1 atom stereocenters. The zero-order chi connectivity index (χ0) is 28.7. The number of H-pyrrole nitrogens is 1. The van der Waals surface area contributed by atoms with E-state index < -0.39 is 11.5 Å². The molecule has 2 fully saturated rings. The van der Waals surface area contributed by atoms with Crippen molar-refractivity contribution in [3.05, 3.63) is 52.3 Å². The number of fused-ring (bicyclic) bond motifs is 2. The summed E-state index contributed by atoms with van der Waals surface area (Å²) in [5.41, 5.74) is 5.86. The van der Waals surface area contributed by atoms with Crippen LogP contribution in [0.1, 0.15) is 43.4 Å². The van der Waals surface area contributed by atoms with Crippen LogP contribution in [-0.4, -0.2) is 82.4 Å². The van der Waals surface area contributed by atoms with E-state index in [2.05, 4.69) is 42.0 Å². The van der Waals surface area contributed by atoms with Crippen LogP contribution in [0.3, 0.4) is 0 Å². The second-order valence-corrected chi connectivity index (χ2v) is 12.6. The molecule has 0 spiro atoms. The van der Waals surface area contributed by atoms with Crippen molar-refractivity contribution in [3.63, 3.8) is 0 Å². The Kier molecular flexibility index (Phi) is 7.70. The molecule has 0 saturated carbocycles. The Morgan fingerprint density at radius 2 is 1.93 bits per heavy atom. The lowest BCUT2D eigenvalue weighted by Crippen LogP contribution is -2.55. The van der Waals surface area contributed by atoms with Gasteiger partial charge in [-0.3, -0.25) is 4.79 Å². The molecule has 1 aromatic carbocycles. The van der Waals surface area contributed by atoms with Crippen LogP contribution in [0.4, 0.5) is 4.79 Å². The van der Waals surface area contributed by atoms with Crippen LogP contribution in [0.25, 0.3) is 22.2 Å². The first-order chi connectivity index (χ1) is 19.7. The lowest BCUT2D eigenvalue weighted by molar-refractivity contribution is -0.139. The second-order valence-electron chi connectivity index (χ2n) is 12.2. The van der Waals surface area contributed by atoms with Gasteiger partial charge in [-0.1, -0.05) is 37.6 Å². The van der Waals surface area contributed by atoms with Gasteiger partial charge in [-0.25, -0.2) is 9.78 Å². The zero-order valence-electron chi connectivity index (χ0n) is 23.6. The van der Waals surface area contributed by atoms with Gasteiger partial charge in [-0.05, 0) is 59.4 Å². The van der Waals surface area contributed by atoms with E-state index in [9.17, 15) is 14.7 Å². The quantitative estimate of drug-likeness (QED) is 0.432. The summed E-state index contributed by atoms with van der Waals surface area (Å²) in [6, 6.07) is 6.19. The van der Waals surface area contributed by atoms with Crippen molar-refractivity contribution in [2.24, 2.45) is 11.3 Å². The predicted molar refractivity (Wildman–Crippen MR) is 156 cm³/mol. The summed E-state index contributed by atoms with van der Waals surface area (Å²) < 4.78 is 11.3. The highest BCUT2D eigenvalue weighted by Crippen LogP contribution is 2.38. The van der Waals surface area contributed by atoms with E-state index in [0.717, 1.165) is 47.0 Å². The van der Waals surface area contributed by atoms with Gasteiger partial charge in [0, 0.05) is 62.1 Å². The van der Waals surface area contributed by atoms with Crippen molar-refractivity contribution in [3.8, 4) is 11.1 Å². The molecule has 218 valence electrons. The SMILES string of the molecule is CC(C)(Cc1cc(-c2cnc3[nH]cc(Cl)c3c2)cc2c1CN(C(=O)C1CCOCC1)CC2)[C@@H]1COCCN1C(=O)O. The fourth-order valence-corrected chi connectivity index (χ4v) is 6.88. The number of carboxylic acid groups (broad SMARTS) is 1. The van der Waals surface area contributed by atoms with Crippen molar-refractivity contribution >= 4 is 34.6 Å². The first-order valence-electron chi connectivity index (χ1n) is 14.4. The maximum Gasteiger partial charge on any atom is 0.407 e. The summed E-state index contributed by atoms with van der Waals surface area (Å²) in [7, 11) is 0. The number of nitrogens with one attached hydrogen (secondary N) is 1. The van der Waals surface area contributed by atoms with E-state index in [1.165, 1.54) is 16.0 Å². The molecular weight excluding hydrogens is 544 g/mol. The molecule has 0 aliphatic carbocycles. The number of aromatic nitrogens is 2. The van der Waals surface area contributed by atoms with Crippen LogP contribution in [-0.2, 0) is 33.7 Å². The van der Waals surface area contributed by atoms with E-state index in [0.29, 0.717) is 57.5 Å². The van der Waals surface area contributed by atoms with E-state index in [4.69, 9.17) is 21.1 Å². The second kappa shape index (κ2) is 11.3. The summed E-state index contributed by atoms with van der Waals surface area (Å²) in [6.07, 6.45) is 5.62. The predicted octanol–water partition coefficient (Wildman–Crippen LogP) is 5.14. The molecule has 3 aliphatic rings. The molecule has 0 radical (unpaired) electrons. The molecular formula is C31H37ClN4O5. The number of aromatic amines is 1. The van der Waals surface area contributed by atoms with Gasteiger partial charge < -0.3 is 29.4 Å². The van der Waals surface area contributed by atoms with E-state index >= 15 is 0 Å². The van der Waals surface area contributed by atoms with E-state index in [1.54, 1.807) is 6.20 Å². The van der Waals surface area contributed by atoms with Crippen LogP contribution in [0.5, 0.6) is 0 Å². The molecule has 5 heterocycles. The lowest BCUT2D eigenvalue weighted by Gasteiger charge is -2.44. The summed E-state index contributed by atoms with van der Waals surface area (Å²) in [6.45, 7) is 7.87. The Hall–Kier alpha value is -3.14. The van der Waals surface area contributed by atoms with Crippen molar-refractivity contribution in [1.82, 2.24) is 19.8 Å². The number of morpholine rings is 1. The maximum atomic E-state index is 13.5. The molecule has 2 amide bonds. The number of benzene rings is 1. The Morgan fingerprint density at radius 1 is 1.12 bits per heavy atom. The van der Waals surface area contributed by atoms with Gasteiger partial charge in [-0.15, -0.1) is 0 Å². The highest BCUT2D eigenvalue weighted by molar-refractivity contribution is 6.35. The Bertz CT molecular complexity index is 1460. The highest BCUT2D eigenvalue weighted by Gasteiger charge is 2.40. The summed E-state index contributed by atoms with van der Waals surface area (Å²) in [5.74, 6) is 0.222. The van der Waals surface area contributed by atoms with Gasteiger partial charge in [0.25, 0.3) is 0 Å². The van der Waals surface area contributed by atoms with Crippen LogP contribution in [0, 0.1) is 11.3 Å². The van der Waals surface area contributed by atoms with Crippen molar-refractivity contribution in [2.45, 2.75) is 52.1 Å². The number of hydrogen-bond donors (Lipinski definition) is 2. The minimum Gasteiger partial charge on any atom is -0.465 e. The third kappa shape index (κ3) is 5.55. The first-order valence-corrected chi connectivity index (χ1v) is 14.8. The minimum absolute atomic E-state index is 0.0110. The molecule has 2 N–H and O–H groups in total. The van der Waals surface area contributed by atoms with Crippen LogP contribution in [0.15, 0.2) is 30.6 Å². The van der Waals surface area contributed by atoms with Gasteiger partial charge >= 0.3 is 6.09 Å². The summed E-state index contributed by atoms with van der Waals surface area (Å²) >= 11 is 6.42. The van der Waals surface area contributed by atoms with Gasteiger partial charge in [0.1, 0.15) is 5.65 Å².